The number of rotatable bonds is 7. The first-order valence-electron chi connectivity index (χ1n) is 12.9. The molecule has 36 heavy (non-hydrogen) atoms. The van der Waals surface area contributed by atoms with Crippen LogP contribution in [0.1, 0.15) is 33.7 Å². The zero-order valence-electron chi connectivity index (χ0n) is 21.5. The number of hydrogen-bond donors (Lipinski definition) is 1. The first-order valence-corrected chi connectivity index (χ1v) is 12.9. The van der Waals surface area contributed by atoms with E-state index in [9.17, 15) is 4.79 Å². The molecule has 2 fully saturated rings. The van der Waals surface area contributed by atoms with Crippen LogP contribution in [0.15, 0.2) is 28.9 Å². The van der Waals surface area contributed by atoms with Gasteiger partial charge in [0.2, 0.25) is 5.71 Å². The monoisotopic (exact) mass is 492 g/mol. The fourth-order valence-electron chi connectivity index (χ4n) is 5.18. The molecule has 3 aromatic rings. The summed E-state index contributed by atoms with van der Waals surface area (Å²) in [6, 6.07) is 6.67. The van der Waals surface area contributed by atoms with Crippen LogP contribution >= 0.6 is 0 Å². The van der Waals surface area contributed by atoms with Gasteiger partial charge in [-0.2, -0.15) is 0 Å². The number of hydrogen-bond acceptors (Lipinski definition) is 8. The lowest BCUT2D eigenvalue weighted by Crippen LogP contribution is -2.47. The summed E-state index contributed by atoms with van der Waals surface area (Å²) in [4.78, 5) is 29.1. The molecule has 2 aliphatic heterocycles. The summed E-state index contributed by atoms with van der Waals surface area (Å²) >= 11 is 0. The summed E-state index contributed by atoms with van der Waals surface area (Å²) in [5.41, 5.74) is 4.98. The summed E-state index contributed by atoms with van der Waals surface area (Å²) in [6.45, 7) is 14.6. The van der Waals surface area contributed by atoms with Gasteiger partial charge < -0.3 is 24.3 Å². The molecule has 0 radical (unpaired) electrons. The Bertz CT molecular complexity index is 1210. The summed E-state index contributed by atoms with van der Waals surface area (Å²) in [5.74, 6) is 1.18. The zero-order chi connectivity index (χ0) is 25.1. The van der Waals surface area contributed by atoms with Gasteiger partial charge >= 0.3 is 0 Å². The number of carbonyl (C=O) groups excluding carboxylic acids is 1. The fourth-order valence-corrected chi connectivity index (χ4v) is 5.18. The van der Waals surface area contributed by atoms with Gasteiger partial charge in [0.1, 0.15) is 17.9 Å². The lowest BCUT2D eigenvalue weighted by molar-refractivity contribution is 0.0951. The zero-order valence-corrected chi connectivity index (χ0v) is 21.5. The van der Waals surface area contributed by atoms with Crippen LogP contribution in [0.25, 0.3) is 11.1 Å². The van der Waals surface area contributed by atoms with Crippen LogP contribution in [0.5, 0.6) is 0 Å². The molecule has 1 aromatic carbocycles. The lowest BCUT2D eigenvalue weighted by atomic mass is 10.1. The molecule has 0 saturated carbocycles. The number of ether oxygens (including phenoxy) is 1. The third-order valence-electron chi connectivity index (χ3n) is 7.20. The maximum atomic E-state index is 13.2. The van der Waals surface area contributed by atoms with Crippen LogP contribution in [0, 0.1) is 20.8 Å². The van der Waals surface area contributed by atoms with Gasteiger partial charge in [0.25, 0.3) is 5.91 Å². The van der Waals surface area contributed by atoms with E-state index in [-0.39, 0.29) is 5.91 Å². The average Bonchev–Trinajstić information content (AvgIpc) is 3.24. The third-order valence-corrected chi connectivity index (χ3v) is 7.20. The van der Waals surface area contributed by atoms with Crippen molar-refractivity contribution < 1.29 is 13.9 Å². The fraction of sp³-hybridized carbons (Fsp3) is 0.519. The summed E-state index contributed by atoms with van der Waals surface area (Å²) < 4.78 is 11.3. The van der Waals surface area contributed by atoms with E-state index in [1.165, 1.54) is 23.1 Å². The van der Waals surface area contributed by atoms with E-state index in [1.54, 1.807) is 0 Å². The van der Waals surface area contributed by atoms with E-state index in [0.29, 0.717) is 42.2 Å². The highest BCUT2D eigenvalue weighted by atomic mass is 16.5. The second-order valence-electron chi connectivity index (χ2n) is 9.74. The van der Waals surface area contributed by atoms with E-state index < -0.39 is 0 Å². The largest absolute Gasteiger partial charge is 0.442 e. The van der Waals surface area contributed by atoms with Crippen LogP contribution in [0.3, 0.4) is 0 Å². The van der Waals surface area contributed by atoms with Gasteiger partial charge in [0, 0.05) is 51.5 Å². The van der Waals surface area contributed by atoms with Gasteiger partial charge in [-0.05, 0) is 50.9 Å². The first-order chi connectivity index (χ1) is 17.5. The Kier molecular flexibility index (Phi) is 7.38. The molecule has 0 bridgehead atoms. The molecule has 9 nitrogen and oxygen atoms in total. The van der Waals surface area contributed by atoms with E-state index in [0.717, 1.165) is 58.1 Å². The summed E-state index contributed by atoms with van der Waals surface area (Å²) in [5, 5.41) is 3.79. The predicted molar refractivity (Wildman–Crippen MR) is 141 cm³/mol. The molecule has 2 aliphatic rings. The molecule has 1 amide bonds. The number of anilines is 2. The molecule has 2 aromatic heterocycles. The Balaban J connectivity index is 1.15. The van der Waals surface area contributed by atoms with Gasteiger partial charge in [-0.3, -0.25) is 9.69 Å². The molecule has 0 aliphatic carbocycles. The van der Waals surface area contributed by atoms with Crippen molar-refractivity contribution in [1.29, 1.82) is 0 Å². The number of nitrogens with zero attached hydrogens (tertiary/aromatic N) is 5. The van der Waals surface area contributed by atoms with Gasteiger partial charge in [-0.15, -0.1) is 0 Å². The number of carbonyl (C=O) groups is 1. The van der Waals surface area contributed by atoms with Crippen molar-refractivity contribution in [3.05, 3.63) is 47.0 Å². The normalized spacial score (nSPS) is 17.1. The Morgan fingerprint density at radius 3 is 2.56 bits per heavy atom. The van der Waals surface area contributed by atoms with E-state index in [2.05, 4.69) is 62.0 Å². The second kappa shape index (κ2) is 10.8. The van der Waals surface area contributed by atoms with Crippen molar-refractivity contribution in [1.82, 2.24) is 20.2 Å². The topological polar surface area (TPSA) is 87.0 Å². The minimum absolute atomic E-state index is 0.129. The number of furan rings is 1. The number of aryl methyl sites for hydroxylation is 3. The molecular weight excluding hydrogens is 456 g/mol. The molecule has 0 spiro atoms. The Morgan fingerprint density at radius 2 is 1.78 bits per heavy atom. The van der Waals surface area contributed by atoms with Gasteiger partial charge in [-0.25, -0.2) is 9.97 Å². The summed E-state index contributed by atoms with van der Waals surface area (Å²) in [7, 11) is 0. The average molecular weight is 493 g/mol. The van der Waals surface area contributed by atoms with Crippen LogP contribution in [0.2, 0.25) is 0 Å². The molecule has 4 heterocycles. The molecule has 5 rings (SSSR count). The third kappa shape index (κ3) is 5.17. The first kappa shape index (κ1) is 24.5. The number of benzene rings is 1. The van der Waals surface area contributed by atoms with Crippen molar-refractivity contribution in [3.8, 4) is 0 Å². The number of nitrogens with one attached hydrogen (secondary N) is 1. The van der Waals surface area contributed by atoms with Crippen LogP contribution < -0.4 is 15.1 Å². The standard InChI is InChI=1S/C27H36N6O3/c1-19-5-6-20(2)22(17-19)32-11-9-31(10-12-32)8-4-7-28-26(34)23-21(3)36-27-24(23)25(29-18-30-27)33-13-15-35-16-14-33/h5-6,17-18H,4,7-16H2,1-3H3,(H,28,34). The smallest absolute Gasteiger partial charge is 0.255 e. The van der Waals surface area contributed by atoms with Crippen molar-refractivity contribution in [2.75, 3.05) is 75.4 Å². The van der Waals surface area contributed by atoms with Crippen molar-refractivity contribution in [2.45, 2.75) is 27.2 Å². The van der Waals surface area contributed by atoms with Gasteiger partial charge in [-0.1, -0.05) is 12.1 Å². The van der Waals surface area contributed by atoms with E-state index >= 15 is 0 Å². The molecule has 192 valence electrons. The number of amides is 1. The lowest BCUT2D eigenvalue weighted by Gasteiger charge is -2.37. The quantitative estimate of drug-likeness (QED) is 0.504. The number of aromatic nitrogens is 2. The van der Waals surface area contributed by atoms with E-state index in [4.69, 9.17) is 9.15 Å². The second-order valence-corrected chi connectivity index (χ2v) is 9.74. The molecule has 2 saturated heterocycles. The van der Waals surface area contributed by atoms with Gasteiger partial charge in [0.15, 0.2) is 0 Å². The van der Waals surface area contributed by atoms with E-state index in [1.807, 2.05) is 6.92 Å². The maximum Gasteiger partial charge on any atom is 0.255 e. The Morgan fingerprint density at radius 1 is 1.00 bits per heavy atom. The van der Waals surface area contributed by atoms with Crippen LogP contribution in [-0.4, -0.2) is 86.3 Å². The number of morpholine rings is 1. The molecule has 1 N–H and O–H groups in total. The van der Waals surface area contributed by atoms with Crippen molar-refractivity contribution >= 4 is 28.5 Å². The maximum absolute atomic E-state index is 13.2. The highest BCUT2D eigenvalue weighted by Crippen LogP contribution is 2.31. The minimum Gasteiger partial charge on any atom is -0.442 e. The Hall–Kier alpha value is -3.17. The highest BCUT2D eigenvalue weighted by molar-refractivity contribution is 6.10. The number of piperazine rings is 1. The van der Waals surface area contributed by atoms with Crippen molar-refractivity contribution in [3.63, 3.8) is 0 Å². The highest BCUT2D eigenvalue weighted by Gasteiger charge is 2.26. The van der Waals surface area contributed by atoms with Gasteiger partial charge in [0.05, 0.1) is 24.2 Å². The molecular formula is C27H36N6O3. The van der Waals surface area contributed by atoms with Crippen LogP contribution in [0.4, 0.5) is 11.5 Å². The number of fused-ring (bicyclic) bond motifs is 1. The van der Waals surface area contributed by atoms with Crippen molar-refractivity contribution in [2.24, 2.45) is 0 Å². The molecule has 0 atom stereocenters. The predicted octanol–water partition coefficient (Wildman–Crippen LogP) is 2.93. The Labute approximate surface area is 212 Å². The SMILES string of the molecule is Cc1ccc(C)c(N2CCN(CCCNC(=O)c3c(C)oc4ncnc(N5CCOCC5)c34)CC2)c1. The molecule has 0 unspecified atom stereocenters. The summed E-state index contributed by atoms with van der Waals surface area (Å²) in [6.07, 6.45) is 2.40. The molecule has 9 heteroatoms. The minimum atomic E-state index is -0.129. The van der Waals surface area contributed by atoms with Crippen LogP contribution in [-0.2, 0) is 4.74 Å².